The molecule has 184 valence electrons. The van der Waals surface area contributed by atoms with Gasteiger partial charge in [-0.1, -0.05) is 72.2 Å². The van der Waals surface area contributed by atoms with Crippen LogP contribution in [0.15, 0.2) is 88.2 Å². The van der Waals surface area contributed by atoms with E-state index < -0.39 is 10.0 Å². The molecule has 6 nitrogen and oxygen atoms in total. The van der Waals surface area contributed by atoms with Crippen molar-refractivity contribution in [2.24, 2.45) is 0 Å². The number of nitrogens with zero attached hydrogens (tertiary/aromatic N) is 1. The standard InChI is InChI=1S/C27H29BrN2O4S/c1-3-27(4-2)18-24(23-15-8-9-16-25(23)34-27)29-26(31)19-30(21-12-10-11-20(28)17-21)35(32,33)22-13-6-5-7-14-22/h5-17,24H,3-4,18-19H2,1-2H3,(H,29,31)/t24-/m1/s1. The summed E-state index contributed by atoms with van der Waals surface area (Å²) in [6.45, 7) is 3.81. The summed E-state index contributed by atoms with van der Waals surface area (Å²) in [6.07, 6.45) is 2.22. The van der Waals surface area contributed by atoms with Crippen LogP contribution in [-0.4, -0.2) is 26.5 Å². The maximum atomic E-state index is 13.6. The fourth-order valence-electron chi connectivity index (χ4n) is 4.47. The largest absolute Gasteiger partial charge is 0.487 e. The van der Waals surface area contributed by atoms with Crippen molar-refractivity contribution < 1.29 is 17.9 Å². The Kier molecular flexibility index (Phi) is 7.52. The van der Waals surface area contributed by atoms with E-state index in [9.17, 15) is 13.2 Å². The smallest absolute Gasteiger partial charge is 0.264 e. The Bertz CT molecular complexity index is 1290. The van der Waals surface area contributed by atoms with E-state index in [4.69, 9.17) is 4.74 Å². The summed E-state index contributed by atoms with van der Waals surface area (Å²) in [5.74, 6) is 0.376. The third kappa shape index (κ3) is 5.38. The molecule has 1 heterocycles. The van der Waals surface area contributed by atoms with Crippen LogP contribution in [0.5, 0.6) is 5.75 Å². The molecule has 1 aliphatic rings. The minimum atomic E-state index is -3.97. The quantitative estimate of drug-likeness (QED) is 0.378. The molecule has 0 saturated heterocycles. The molecule has 0 radical (unpaired) electrons. The number of nitrogens with one attached hydrogen (secondary N) is 1. The van der Waals surface area contributed by atoms with Gasteiger partial charge >= 0.3 is 0 Å². The highest BCUT2D eigenvalue weighted by atomic mass is 79.9. The number of hydrogen-bond donors (Lipinski definition) is 1. The number of anilines is 1. The average Bonchev–Trinajstić information content (AvgIpc) is 2.87. The van der Waals surface area contributed by atoms with Gasteiger partial charge in [0.25, 0.3) is 10.0 Å². The summed E-state index contributed by atoms with van der Waals surface area (Å²) >= 11 is 3.41. The molecule has 1 N–H and O–H groups in total. The monoisotopic (exact) mass is 556 g/mol. The van der Waals surface area contributed by atoms with E-state index in [1.165, 1.54) is 12.1 Å². The maximum Gasteiger partial charge on any atom is 0.264 e. The summed E-state index contributed by atoms with van der Waals surface area (Å²) in [5.41, 5.74) is 0.923. The number of sulfonamides is 1. The molecule has 3 aromatic carbocycles. The summed E-state index contributed by atoms with van der Waals surface area (Å²) in [5, 5.41) is 3.10. The van der Waals surface area contributed by atoms with Gasteiger partial charge in [0, 0.05) is 16.5 Å². The molecule has 8 heteroatoms. The summed E-state index contributed by atoms with van der Waals surface area (Å²) in [6, 6.07) is 22.5. The Balaban J connectivity index is 1.65. The zero-order valence-corrected chi connectivity index (χ0v) is 22.2. The van der Waals surface area contributed by atoms with Crippen LogP contribution in [0.1, 0.15) is 44.7 Å². The van der Waals surface area contributed by atoms with Crippen molar-refractivity contribution in [2.75, 3.05) is 10.8 Å². The number of carbonyl (C=O) groups excluding carboxylic acids is 1. The average molecular weight is 558 g/mol. The Morgan fingerprint density at radius 3 is 2.40 bits per heavy atom. The Labute approximate surface area is 215 Å². The molecular weight excluding hydrogens is 528 g/mol. The molecular formula is C27H29BrN2O4S. The van der Waals surface area contributed by atoms with E-state index in [-0.39, 0.29) is 29.0 Å². The topological polar surface area (TPSA) is 75.7 Å². The van der Waals surface area contributed by atoms with Crippen LogP contribution >= 0.6 is 15.9 Å². The molecule has 1 amide bonds. The fourth-order valence-corrected chi connectivity index (χ4v) is 6.29. The van der Waals surface area contributed by atoms with Gasteiger partial charge in [-0.05, 0) is 49.2 Å². The lowest BCUT2D eigenvalue weighted by atomic mass is 9.83. The Morgan fingerprint density at radius 1 is 1.03 bits per heavy atom. The molecule has 1 atom stereocenters. The van der Waals surface area contributed by atoms with Crippen molar-refractivity contribution in [3.8, 4) is 5.75 Å². The molecule has 0 fully saturated rings. The first-order valence-electron chi connectivity index (χ1n) is 11.7. The minimum absolute atomic E-state index is 0.125. The second-order valence-corrected chi connectivity index (χ2v) is 11.4. The SMILES string of the molecule is CCC1(CC)C[C@@H](NC(=O)CN(c2cccc(Br)c2)S(=O)(=O)c2ccccc2)c2ccccc2O1. The summed E-state index contributed by atoms with van der Waals surface area (Å²) in [4.78, 5) is 13.5. The van der Waals surface area contributed by atoms with Crippen LogP contribution in [0.3, 0.4) is 0 Å². The zero-order valence-electron chi connectivity index (χ0n) is 19.8. The number of carbonyl (C=O) groups is 1. The highest BCUT2D eigenvalue weighted by Gasteiger charge is 2.39. The van der Waals surface area contributed by atoms with E-state index in [2.05, 4.69) is 35.1 Å². The number of benzene rings is 3. The highest BCUT2D eigenvalue weighted by molar-refractivity contribution is 9.10. The van der Waals surface area contributed by atoms with Gasteiger partial charge in [-0.15, -0.1) is 0 Å². The van der Waals surface area contributed by atoms with Gasteiger partial charge < -0.3 is 10.1 Å². The van der Waals surface area contributed by atoms with E-state index >= 15 is 0 Å². The van der Waals surface area contributed by atoms with Crippen LogP contribution in [0, 0.1) is 0 Å². The van der Waals surface area contributed by atoms with Crippen molar-refractivity contribution in [1.82, 2.24) is 5.32 Å². The van der Waals surface area contributed by atoms with Crippen LogP contribution in [0.25, 0.3) is 0 Å². The normalized spacial score (nSPS) is 16.6. The van der Waals surface area contributed by atoms with Gasteiger partial charge in [0.1, 0.15) is 17.9 Å². The number of halogens is 1. The first-order chi connectivity index (χ1) is 16.8. The molecule has 1 aliphatic heterocycles. The van der Waals surface area contributed by atoms with Crippen LogP contribution < -0.4 is 14.4 Å². The Hall–Kier alpha value is -2.84. The summed E-state index contributed by atoms with van der Waals surface area (Å²) < 4.78 is 35.4. The number of hydrogen-bond acceptors (Lipinski definition) is 4. The predicted octanol–water partition coefficient (Wildman–Crippen LogP) is 5.84. The van der Waals surface area contributed by atoms with Crippen molar-refractivity contribution in [2.45, 2.75) is 49.6 Å². The predicted molar refractivity (Wildman–Crippen MR) is 141 cm³/mol. The Morgan fingerprint density at radius 2 is 1.71 bits per heavy atom. The van der Waals surface area contributed by atoms with Gasteiger partial charge in [-0.3, -0.25) is 9.10 Å². The molecule has 0 aromatic heterocycles. The van der Waals surface area contributed by atoms with Crippen LogP contribution in [0.2, 0.25) is 0 Å². The van der Waals surface area contributed by atoms with Gasteiger partial charge in [0.2, 0.25) is 5.91 Å². The number of rotatable bonds is 8. The van der Waals surface area contributed by atoms with Crippen molar-refractivity contribution >= 4 is 37.5 Å². The van der Waals surface area contributed by atoms with Crippen molar-refractivity contribution in [3.63, 3.8) is 0 Å². The molecule has 0 bridgehead atoms. The van der Waals surface area contributed by atoms with E-state index in [1.807, 2.05) is 30.3 Å². The van der Waals surface area contributed by atoms with Gasteiger partial charge in [-0.2, -0.15) is 0 Å². The lowest BCUT2D eigenvalue weighted by Gasteiger charge is -2.41. The van der Waals surface area contributed by atoms with Gasteiger partial charge in [0.15, 0.2) is 0 Å². The van der Waals surface area contributed by atoms with E-state index in [1.54, 1.807) is 36.4 Å². The maximum absolute atomic E-state index is 13.6. The fraction of sp³-hybridized carbons (Fsp3) is 0.296. The second-order valence-electron chi connectivity index (χ2n) is 8.66. The van der Waals surface area contributed by atoms with Crippen molar-refractivity contribution in [1.29, 1.82) is 0 Å². The van der Waals surface area contributed by atoms with E-state index in [0.717, 1.165) is 32.9 Å². The number of fused-ring (bicyclic) bond motifs is 1. The molecule has 0 spiro atoms. The van der Waals surface area contributed by atoms with Gasteiger partial charge in [-0.25, -0.2) is 8.42 Å². The number of amides is 1. The third-order valence-electron chi connectivity index (χ3n) is 6.54. The zero-order chi connectivity index (χ0) is 25.1. The number of para-hydroxylation sites is 1. The lowest BCUT2D eigenvalue weighted by Crippen LogP contribution is -2.47. The molecule has 4 rings (SSSR count). The van der Waals surface area contributed by atoms with E-state index in [0.29, 0.717) is 12.1 Å². The minimum Gasteiger partial charge on any atom is -0.487 e. The first-order valence-corrected chi connectivity index (χ1v) is 13.9. The molecule has 0 unspecified atom stereocenters. The van der Waals surface area contributed by atoms with Crippen LogP contribution in [-0.2, 0) is 14.8 Å². The highest BCUT2D eigenvalue weighted by Crippen LogP contribution is 2.42. The molecule has 0 saturated carbocycles. The second kappa shape index (κ2) is 10.4. The molecule has 3 aromatic rings. The molecule has 0 aliphatic carbocycles. The lowest BCUT2D eigenvalue weighted by molar-refractivity contribution is -0.121. The first kappa shape index (κ1) is 25.3. The van der Waals surface area contributed by atoms with Crippen molar-refractivity contribution in [3.05, 3.63) is 88.9 Å². The van der Waals surface area contributed by atoms with Gasteiger partial charge in [0.05, 0.1) is 16.6 Å². The molecule has 35 heavy (non-hydrogen) atoms. The third-order valence-corrected chi connectivity index (χ3v) is 8.82. The summed E-state index contributed by atoms with van der Waals surface area (Å²) in [7, 11) is -3.97. The number of ether oxygens (including phenoxy) is 1. The van der Waals surface area contributed by atoms with Crippen LogP contribution in [0.4, 0.5) is 5.69 Å².